The highest BCUT2D eigenvalue weighted by Crippen LogP contribution is 2.41. The lowest BCUT2D eigenvalue weighted by atomic mass is 9.79. The van der Waals surface area contributed by atoms with Crippen molar-refractivity contribution in [2.45, 2.75) is 26.1 Å². The summed E-state index contributed by atoms with van der Waals surface area (Å²) in [6.07, 6.45) is -4.45. The van der Waals surface area contributed by atoms with Crippen molar-refractivity contribution in [1.29, 1.82) is 0 Å². The van der Waals surface area contributed by atoms with Gasteiger partial charge < -0.3 is 10.4 Å². The molecule has 0 bridgehead atoms. The Morgan fingerprint density at radius 1 is 1.21 bits per heavy atom. The lowest BCUT2D eigenvalue weighted by Gasteiger charge is -2.43. The van der Waals surface area contributed by atoms with Gasteiger partial charge in [-0.25, -0.2) is 0 Å². The number of alkyl halides is 3. The Kier molecular flexibility index (Phi) is 7.38. The van der Waals surface area contributed by atoms with E-state index in [0.717, 1.165) is 25.2 Å². The molecule has 1 heterocycles. The van der Waals surface area contributed by atoms with Crippen LogP contribution in [0, 0.1) is 5.41 Å². The van der Waals surface area contributed by atoms with E-state index >= 15 is 0 Å². The largest absolute Gasteiger partial charge is 0.416 e. The van der Waals surface area contributed by atoms with E-state index in [1.54, 1.807) is 6.07 Å². The molecule has 1 saturated heterocycles. The Morgan fingerprint density at radius 2 is 1.79 bits per heavy atom. The number of benzene rings is 1. The van der Waals surface area contributed by atoms with Gasteiger partial charge in [-0.15, -0.1) is 12.4 Å². The van der Waals surface area contributed by atoms with Crippen LogP contribution in [0.5, 0.6) is 0 Å². The van der Waals surface area contributed by atoms with E-state index in [0.29, 0.717) is 18.7 Å². The standard InChI is InChI=1S/C16H22ClF3N2O.ClH/c1-15(2,10-23)14(22-5-3-21-4-6-22)11-7-12(16(18,19)20)9-13(17)8-11;/h7-9,14,21,23H,3-6,10H2,1-2H3;1H/t14-;/m1./s1. The van der Waals surface area contributed by atoms with Crippen LogP contribution >= 0.6 is 24.0 Å². The van der Waals surface area contributed by atoms with Crippen molar-refractivity contribution in [3.8, 4) is 0 Å². The van der Waals surface area contributed by atoms with E-state index in [1.165, 1.54) is 0 Å². The lowest BCUT2D eigenvalue weighted by Crippen LogP contribution is -2.49. The average molecular weight is 387 g/mol. The maximum atomic E-state index is 13.1. The summed E-state index contributed by atoms with van der Waals surface area (Å²) in [7, 11) is 0. The second-order valence-electron chi connectivity index (χ2n) is 6.61. The molecule has 0 aromatic heterocycles. The van der Waals surface area contributed by atoms with Gasteiger partial charge in [0.05, 0.1) is 5.56 Å². The minimum absolute atomic E-state index is 0. The number of aliphatic hydroxyl groups excluding tert-OH is 1. The minimum Gasteiger partial charge on any atom is -0.396 e. The summed E-state index contributed by atoms with van der Waals surface area (Å²) in [6.45, 7) is 6.54. The first kappa shape index (κ1) is 21.5. The van der Waals surface area contributed by atoms with E-state index in [1.807, 2.05) is 13.8 Å². The zero-order chi connectivity index (χ0) is 17.3. The highest BCUT2D eigenvalue weighted by Gasteiger charge is 2.38. The fourth-order valence-corrected chi connectivity index (χ4v) is 3.36. The summed E-state index contributed by atoms with van der Waals surface area (Å²) in [5.74, 6) is 0. The molecule has 1 aliphatic heterocycles. The first-order chi connectivity index (χ1) is 10.6. The summed E-state index contributed by atoms with van der Waals surface area (Å²) < 4.78 is 39.3. The van der Waals surface area contributed by atoms with Crippen LogP contribution in [-0.2, 0) is 6.18 Å². The molecular weight excluding hydrogens is 364 g/mol. The molecule has 0 unspecified atom stereocenters. The van der Waals surface area contributed by atoms with Gasteiger partial charge in [-0.2, -0.15) is 13.2 Å². The molecule has 2 N–H and O–H groups in total. The van der Waals surface area contributed by atoms with Gasteiger partial charge in [0, 0.05) is 49.3 Å². The normalized spacial score (nSPS) is 18.1. The van der Waals surface area contributed by atoms with E-state index in [-0.39, 0.29) is 30.1 Å². The van der Waals surface area contributed by atoms with Crippen LogP contribution in [0.15, 0.2) is 18.2 Å². The molecule has 8 heteroatoms. The summed E-state index contributed by atoms with van der Waals surface area (Å²) in [4.78, 5) is 2.11. The van der Waals surface area contributed by atoms with Gasteiger partial charge in [-0.3, -0.25) is 4.90 Å². The number of nitrogens with zero attached hydrogens (tertiary/aromatic N) is 1. The van der Waals surface area contributed by atoms with Crippen molar-refractivity contribution in [3.63, 3.8) is 0 Å². The van der Waals surface area contributed by atoms with Gasteiger partial charge in [0.1, 0.15) is 0 Å². The van der Waals surface area contributed by atoms with Crippen LogP contribution < -0.4 is 5.32 Å². The van der Waals surface area contributed by atoms with Crippen molar-refractivity contribution in [2.24, 2.45) is 5.41 Å². The van der Waals surface area contributed by atoms with Crippen LogP contribution in [0.4, 0.5) is 13.2 Å². The van der Waals surface area contributed by atoms with E-state index in [9.17, 15) is 18.3 Å². The quantitative estimate of drug-likeness (QED) is 0.826. The van der Waals surface area contributed by atoms with Gasteiger partial charge in [-0.05, 0) is 23.8 Å². The smallest absolute Gasteiger partial charge is 0.396 e. The number of hydrogen-bond acceptors (Lipinski definition) is 3. The second-order valence-corrected chi connectivity index (χ2v) is 7.04. The van der Waals surface area contributed by atoms with Gasteiger partial charge in [0.25, 0.3) is 0 Å². The highest BCUT2D eigenvalue weighted by molar-refractivity contribution is 6.30. The van der Waals surface area contributed by atoms with Crippen molar-refractivity contribution in [1.82, 2.24) is 10.2 Å². The number of hydrogen-bond donors (Lipinski definition) is 2. The maximum Gasteiger partial charge on any atom is 0.416 e. The topological polar surface area (TPSA) is 35.5 Å². The van der Waals surface area contributed by atoms with Crippen molar-refractivity contribution >= 4 is 24.0 Å². The SMILES string of the molecule is CC(C)(CO)[C@@H](c1cc(Cl)cc(C(F)(F)F)c1)N1CCNCC1.Cl. The van der Waals surface area contributed by atoms with Crippen LogP contribution in [0.3, 0.4) is 0 Å². The summed E-state index contributed by atoms with van der Waals surface area (Å²) in [5, 5.41) is 13.0. The van der Waals surface area contributed by atoms with E-state index < -0.39 is 17.2 Å². The van der Waals surface area contributed by atoms with Crippen LogP contribution in [-0.4, -0.2) is 42.8 Å². The Hall–Kier alpha value is -0.530. The third kappa shape index (κ3) is 4.99. The monoisotopic (exact) mass is 386 g/mol. The molecule has 1 aliphatic rings. The Balaban J connectivity index is 0.00000288. The first-order valence-electron chi connectivity index (χ1n) is 7.58. The predicted molar refractivity (Wildman–Crippen MR) is 91.8 cm³/mol. The summed E-state index contributed by atoms with van der Waals surface area (Å²) >= 11 is 5.94. The zero-order valence-corrected chi connectivity index (χ0v) is 15.2. The summed E-state index contributed by atoms with van der Waals surface area (Å²) in [6, 6.07) is 3.32. The second kappa shape index (κ2) is 8.23. The van der Waals surface area contributed by atoms with Gasteiger partial charge >= 0.3 is 6.18 Å². The number of rotatable bonds is 4. The molecule has 24 heavy (non-hydrogen) atoms. The molecule has 0 amide bonds. The zero-order valence-electron chi connectivity index (χ0n) is 13.7. The molecule has 0 spiro atoms. The van der Waals surface area contributed by atoms with E-state index in [4.69, 9.17) is 11.6 Å². The van der Waals surface area contributed by atoms with Crippen LogP contribution in [0.2, 0.25) is 5.02 Å². The molecule has 0 radical (unpaired) electrons. The van der Waals surface area contributed by atoms with E-state index in [2.05, 4.69) is 10.2 Å². The van der Waals surface area contributed by atoms with Crippen LogP contribution in [0.1, 0.15) is 31.0 Å². The maximum absolute atomic E-state index is 13.1. The third-order valence-corrected chi connectivity index (χ3v) is 4.45. The molecule has 0 saturated carbocycles. The Morgan fingerprint density at radius 3 is 2.29 bits per heavy atom. The minimum atomic E-state index is -4.45. The van der Waals surface area contributed by atoms with Gasteiger partial charge in [-0.1, -0.05) is 25.4 Å². The molecular formula is C16H23Cl2F3N2O. The first-order valence-corrected chi connectivity index (χ1v) is 7.96. The van der Waals surface area contributed by atoms with Gasteiger partial charge in [0.2, 0.25) is 0 Å². The highest BCUT2D eigenvalue weighted by atomic mass is 35.5. The molecule has 1 fully saturated rings. The average Bonchev–Trinajstić information content (AvgIpc) is 2.47. The Labute approximate surface area is 151 Å². The fourth-order valence-electron chi connectivity index (χ4n) is 3.12. The Bertz CT molecular complexity index is 547. The molecule has 3 nitrogen and oxygen atoms in total. The number of piperazine rings is 1. The fraction of sp³-hybridized carbons (Fsp3) is 0.625. The molecule has 1 aromatic carbocycles. The lowest BCUT2D eigenvalue weighted by molar-refractivity contribution is -0.137. The molecule has 1 atom stereocenters. The van der Waals surface area contributed by atoms with Crippen molar-refractivity contribution < 1.29 is 18.3 Å². The molecule has 2 rings (SSSR count). The molecule has 0 aliphatic carbocycles. The third-order valence-electron chi connectivity index (χ3n) is 4.23. The number of nitrogens with one attached hydrogen (secondary N) is 1. The number of halogens is 5. The molecule has 138 valence electrons. The van der Waals surface area contributed by atoms with Gasteiger partial charge in [0.15, 0.2) is 0 Å². The predicted octanol–water partition coefficient (Wildman–Crippen LogP) is 3.75. The van der Waals surface area contributed by atoms with Crippen molar-refractivity contribution in [3.05, 3.63) is 34.3 Å². The summed E-state index contributed by atoms with van der Waals surface area (Å²) in [5.41, 5.74) is -0.857. The van der Waals surface area contributed by atoms with Crippen LogP contribution in [0.25, 0.3) is 0 Å². The number of aliphatic hydroxyl groups is 1. The van der Waals surface area contributed by atoms with Crippen molar-refractivity contribution in [2.75, 3.05) is 32.8 Å². The molecule has 1 aromatic rings.